The summed E-state index contributed by atoms with van der Waals surface area (Å²) >= 11 is 0. The Morgan fingerprint density at radius 3 is 1.14 bits per heavy atom. The molecular formula is C14H21CrNO3Si2. The average molecular weight is 359 g/mol. The molecule has 0 fully saturated rings. The van der Waals surface area contributed by atoms with Gasteiger partial charge >= 0.3 is 33.9 Å². The third kappa shape index (κ3) is 12.8. The van der Waals surface area contributed by atoms with E-state index in [1.54, 1.807) is 0 Å². The normalized spacial score (nSPS) is 8.95. The van der Waals surface area contributed by atoms with Gasteiger partial charge < -0.3 is 0 Å². The van der Waals surface area contributed by atoms with Crippen LogP contribution in [0.15, 0.2) is 18.2 Å². The molecule has 0 spiro atoms. The van der Waals surface area contributed by atoms with Crippen LogP contribution in [0, 0.1) is 20.0 Å². The number of hydrogen-bond donors (Lipinski definition) is 0. The summed E-state index contributed by atoms with van der Waals surface area (Å²) in [6, 6.07) is 6.56. The van der Waals surface area contributed by atoms with E-state index in [9.17, 15) is 0 Å². The van der Waals surface area contributed by atoms with Crippen molar-refractivity contribution in [1.82, 2.24) is 4.98 Å². The standard InChI is InChI=1S/C11H21NSi2.3CO.Cr/c1-13(2,3)10-8-7-9-11(12-10)14(4,5)6;3*1-2;/h7-9H,1-6H3;;;;. The molecule has 0 bridgehead atoms. The molecule has 1 aromatic heterocycles. The van der Waals surface area contributed by atoms with Crippen molar-refractivity contribution in [2.75, 3.05) is 0 Å². The Morgan fingerprint density at radius 1 is 0.714 bits per heavy atom. The Hall–Kier alpha value is -0.664. The number of hydrogen-bond acceptors (Lipinski definition) is 1. The van der Waals surface area contributed by atoms with E-state index < -0.39 is 16.1 Å². The maximum atomic E-state index is 7.50. The second kappa shape index (κ2) is 14.3. The fourth-order valence-electron chi connectivity index (χ4n) is 1.27. The van der Waals surface area contributed by atoms with Gasteiger partial charge in [-0.25, -0.2) is 0 Å². The molecule has 0 saturated heterocycles. The van der Waals surface area contributed by atoms with Gasteiger partial charge in [-0.15, -0.1) is 0 Å². The Kier molecular flexibility index (Phi) is 19.4. The first-order valence-electron chi connectivity index (χ1n) is 5.80. The molecule has 0 aliphatic rings. The minimum atomic E-state index is -1.23. The van der Waals surface area contributed by atoms with E-state index in [2.05, 4.69) is 77.4 Å². The molecule has 0 aliphatic carbocycles. The van der Waals surface area contributed by atoms with Crippen LogP contribution >= 0.6 is 0 Å². The molecule has 21 heavy (non-hydrogen) atoms. The summed E-state index contributed by atoms with van der Waals surface area (Å²) < 4.78 is 22.5. The molecule has 0 unspecified atom stereocenters. The molecule has 0 saturated carbocycles. The van der Waals surface area contributed by atoms with Crippen LogP contribution in [-0.2, 0) is 31.3 Å². The van der Waals surface area contributed by atoms with E-state index >= 15 is 0 Å². The number of aromatic nitrogens is 1. The summed E-state index contributed by atoms with van der Waals surface area (Å²) in [6.45, 7) is 27.6. The third-order valence-corrected chi connectivity index (χ3v) is 5.92. The van der Waals surface area contributed by atoms with Crippen LogP contribution in [0.25, 0.3) is 0 Å². The zero-order valence-corrected chi connectivity index (χ0v) is 16.6. The zero-order chi connectivity index (χ0) is 17.0. The number of pyridine rings is 1. The first-order chi connectivity index (χ1) is 9.21. The largest absolute Gasteiger partial charge is 0 e. The van der Waals surface area contributed by atoms with Gasteiger partial charge in [-0.05, 0) is 12.1 Å². The van der Waals surface area contributed by atoms with Crippen LogP contribution < -0.4 is 10.6 Å². The van der Waals surface area contributed by atoms with Crippen molar-refractivity contribution in [2.24, 2.45) is 0 Å². The summed E-state index contributed by atoms with van der Waals surface area (Å²) in [6.07, 6.45) is 0. The van der Waals surface area contributed by atoms with Crippen molar-refractivity contribution >= 4 is 26.8 Å². The predicted octanol–water partition coefficient (Wildman–Crippen LogP) is 2.06. The summed E-state index contributed by atoms with van der Waals surface area (Å²) in [5, 5.41) is 2.69. The van der Waals surface area contributed by atoms with Crippen molar-refractivity contribution < 1.29 is 31.3 Å². The Labute approximate surface area is 140 Å². The van der Waals surface area contributed by atoms with Gasteiger partial charge in [0.15, 0.2) is 0 Å². The van der Waals surface area contributed by atoms with Gasteiger partial charge in [0.05, 0.1) is 0 Å². The second-order valence-electron chi connectivity index (χ2n) is 5.91. The fourth-order valence-corrected chi connectivity index (χ4v) is 3.49. The van der Waals surface area contributed by atoms with E-state index in [-0.39, 0.29) is 17.4 Å². The van der Waals surface area contributed by atoms with Crippen LogP contribution in [0.3, 0.4) is 0 Å². The summed E-state index contributed by atoms with van der Waals surface area (Å²) in [5.74, 6) is 0. The summed E-state index contributed by atoms with van der Waals surface area (Å²) in [7, 11) is -2.46. The molecule has 7 heteroatoms. The van der Waals surface area contributed by atoms with Crippen molar-refractivity contribution in [3.8, 4) is 0 Å². The smallest absolute Gasteiger partial charge is 0 e. The van der Waals surface area contributed by atoms with Crippen LogP contribution in [0.1, 0.15) is 0 Å². The summed E-state index contributed by atoms with van der Waals surface area (Å²) in [5.41, 5.74) is 0. The molecule has 4 nitrogen and oxygen atoms in total. The van der Waals surface area contributed by atoms with E-state index in [0.717, 1.165) is 0 Å². The van der Waals surface area contributed by atoms with Gasteiger partial charge in [0.2, 0.25) is 0 Å². The molecule has 0 aromatic carbocycles. The van der Waals surface area contributed by atoms with E-state index in [4.69, 9.17) is 18.9 Å². The minimum absolute atomic E-state index is 0. The van der Waals surface area contributed by atoms with Gasteiger partial charge in [-0.1, -0.05) is 45.3 Å². The molecule has 1 rings (SSSR count). The number of nitrogens with zero attached hydrogens (tertiary/aromatic N) is 1. The van der Waals surface area contributed by atoms with Crippen LogP contribution in [-0.4, -0.2) is 21.1 Å². The summed E-state index contributed by atoms with van der Waals surface area (Å²) in [4.78, 5) is 4.84. The molecule has 114 valence electrons. The number of rotatable bonds is 2. The van der Waals surface area contributed by atoms with Crippen molar-refractivity contribution in [2.45, 2.75) is 39.3 Å². The van der Waals surface area contributed by atoms with Crippen molar-refractivity contribution in [3.63, 3.8) is 0 Å². The van der Waals surface area contributed by atoms with Crippen molar-refractivity contribution in [3.05, 3.63) is 38.2 Å². The van der Waals surface area contributed by atoms with Gasteiger partial charge in [0.25, 0.3) is 0 Å². The fraction of sp³-hybridized carbons (Fsp3) is 0.429. The third-order valence-electron chi connectivity index (χ3n) is 2.29. The van der Waals surface area contributed by atoms with Crippen LogP contribution in [0.2, 0.25) is 39.3 Å². The predicted molar refractivity (Wildman–Crippen MR) is 82.0 cm³/mol. The van der Waals surface area contributed by atoms with Gasteiger partial charge in [0.1, 0.15) is 16.1 Å². The van der Waals surface area contributed by atoms with Crippen LogP contribution in [0.5, 0.6) is 0 Å². The monoisotopic (exact) mass is 359 g/mol. The van der Waals surface area contributed by atoms with Gasteiger partial charge in [-0.3, -0.25) is 4.98 Å². The molecule has 1 heterocycles. The Balaban J connectivity index is -0.000000183. The first kappa shape index (κ1) is 28.5. The first-order valence-corrected chi connectivity index (χ1v) is 12.8. The molecule has 0 radical (unpaired) electrons. The molecular weight excluding hydrogens is 338 g/mol. The van der Waals surface area contributed by atoms with Crippen molar-refractivity contribution in [1.29, 1.82) is 0 Å². The minimum Gasteiger partial charge on any atom is 0 e. The molecule has 0 atom stereocenters. The molecule has 1 aromatic rings. The van der Waals surface area contributed by atoms with E-state index in [1.807, 2.05) is 0 Å². The second-order valence-corrected chi connectivity index (χ2v) is 15.9. The Bertz CT molecular complexity index is 402. The average Bonchev–Trinajstić information content (AvgIpc) is 2.44. The Morgan fingerprint density at radius 2 is 0.952 bits per heavy atom. The molecule has 0 amide bonds. The molecule has 0 aliphatic heterocycles. The van der Waals surface area contributed by atoms with E-state index in [1.165, 1.54) is 10.6 Å². The maximum Gasteiger partial charge on any atom is 0 e. The molecule has 0 N–H and O–H groups in total. The van der Waals surface area contributed by atoms with Gasteiger partial charge in [-0.2, -0.15) is 0 Å². The van der Waals surface area contributed by atoms with Gasteiger partial charge in [0, 0.05) is 28.0 Å². The maximum absolute atomic E-state index is 7.50. The van der Waals surface area contributed by atoms with Crippen LogP contribution in [0.4, 0.5) is 0 Å². The quantitative estimate of drug-likeness (QED) is 0.452. The van der Waals surface area contributed by atoms with E-state index in [0.29, 0.717) is 0 Å². The SMILES string of the molecule is C[Si](C)(C)c1cccc([Si](C)(C)C)n1.[C-]#[O+].[C-]#[O+].[C-]#[O+].[Cr]. The topological polar surface area (TPSA) is 72.6 Å². The zero-order valence-electron chi connectivity index (χ0n) is 13.3.